The maximum atomic E-state index is 12.2. The monoisotopic (exact) mass is 345 g/mol. The third kappa shape index (κ3) is 2.55. The number of urea groups is 1. The second-order valence-electron chi connectivity index (χ2n) is 4.13. The van der Waals surface area contributed by atoms with Crippen LogP contribution in [0.2, 0.25) is 0 Å². The van der Waals surface area contributed by atoms with Crippen LogP contribution in [0, 0.1) is 3.57 Å². The highest BCUT2D eigenvalue weighted by atomic mass is 127. The molecule has 4 nitrogen and oxygen atoms in total. The fourth-order valence-electron chi connectivity index (χ4n) is 1.76. The van der Waals surface area contributed by atoms with Gasteiger partial charge in [-0.15, -0.1) is 0 Å². The van der Waals surface area contributed by atoms with Gasteiger partial charge in [0.25, 0.3) is 0 Å². The first-order valence-corrected chi connectivity index (χ1v) is 6.81. The van der Waals surface area contributed by atoms with E-state index in [-0.39, 0.29) is 12.1 Å². The zero-order valence-electron chi connectivity index (χ0n) is 9.98. The lowest BCUT2D eigenvalue weighted by molar-refractivity contribution is 0.176. The second-order valence-corrected chi connectivity index (χ2v) is 5.38. The van der Waals surface area contributed by atoms with Gasteiger partial charge >= 0.3 is 6.03 Å². The molecular formula is C12H16IN3O. The van der Waals surface area contributed by atoms with Gasteiger partial charge in [-0.1, -0.05) is 6.92 Å². The van der Waals surface area contributed by atoms with Crippen molar-refractivity contribution in [3.8, 4) is 0 Å². The van der Waals surface area contributed by atoms with Crippen LogP contribution in [-0.4, -0.2) is 23.8 Å². The molecule has 1 N–H and O–H groups in total. The van der Waals surface area contributed by atoms with E-state index in [4.69, 9.17) is 0 Å². The van der Waals surface area contributed by atoms with Crippen molar-refractivity contribution in [2.24, 2.45) is 0 Å². The molecule has 5 heteroatoms. The molecule has 1 heterocycles. The van der Waals surface area contributed by atoms with Gasteiger partial charge in [-0.3, -0.25) is 9.91 Å². The first-order chi connectivity index (χ1) is 8.13. The summed E-state index contributed by atoms with van der Waals surface area (Å²) in [6.45, 7) is 4.67. The molecule has 1 unspecified atom stereocenters. The number of amides is 2. The van der Waals surface area contributed by atoms with E-state index in [0.717, 1.165) is 12.1 Å². The predicted octanol–water partition coefficient (Wildman–Crippen LogP) is 2.79. The van der Waals surface area contributed by atoms with E-state index in [1.165, 1.54) is 3.57 Å². The Morgan fingerprint density at radius 1 is 1.41 bits per heavy atom. The van der Waals surface area contributed by atoms with Gasteiger partial charge in [-0.05, 0) is 60.2 Å². The van der Waals surface area contributed by atoms with Gasteiger partial charge in [-0.2, -0.15) is 0 Å². The van der Waals surface area contributed by atoms with Crippen molar-refractivity contribution in [2.45, 2.75) is 26.3 Å². The SMILES string of the molecule is CCC(C)N1NCN(c2ccc(I)cc2)C1=O. The van der Waals surface area contributed by atoms with Crippen molar-refractivity contribution < 1.29 is 4.79 Å². The van der Waals surface area contributed by atoms with Gasteiger partial charge in [0.15, 0.2) is 0 Å². The van der Waals surface area contributed by atoms with E-state index in [0.29, 0.717) is 6.67 Å². The lowest BCUT2D eigenvalue weighted by Gasteiger charge is -2.22. The molecule has 0 aliphatic carbocycles. The van der Waals surface area contributed by atoms with Crippen LogP contribution in [-0.2, 0) is 0 Å². The molecule has 2 rings (SSSR count). The number of hydrazine groups is 1. The van der Waals surface area contributed by atoms with E-state index in [9.17, 15) is 4.79 Å². The van der Waals surface area contributed by atoms with Crippen molar-refractivity contribution in [2.75, 3.05) is 11.6 Å². The summed E-state index contributed by atoms with van der Waals surface area (Å²) >= 11 is 2.26. The fraction of sp³-hybridized carbons (Fsp3) is 0.417. The summed E-state index contributed by atoms with van der Waals surface area (Å²) < 4.78 is 1.17. The minimum atomic E-state index is 0.0283. The Kier molecular flexibility index (Phi) is 3.88. The summed E-state index contributed by atoms with van der Waals surface area (Å²) in [7, 11) is 0. The van der Waals surface area contributed by atoms with Crippen molar-refractivity contribution in [3.63, 3.8) is 0 Å². The number of hydrogen-bond acceptors (Lipinski definition) is 2. The quantitative estimate of drug-likeness (QED) is 0.856. The molecule has 1 fully saturated rings. The molecule has 0 saturated carbocycles. The number of benzene rings is 1. The van der Waals surface area contributed by atoms with Crippen LogP contribution in [0.1, 0.15) is 20.3 Å². The summed E-state index contributed by atoms with van der Waals surface area (Å²) in [5, 5.41) is 1.71. The van der Waals surface area contributed by atoms with Crippen LogP contribution < -0.4 is 10.3 Å². The number of nitrogens with one attached hydrogen (secondary N) is 1. The van der Waals surface area contributed by atoms with E-state index in [1.807, 2.05) is 31.2 Å². The maximum absolute atomic E-state index is 12.2. The van der Waals surface area contributed by atoms with Gasteiger partial charge in [0, 0.05) is 15.3 Å². The maximum Gasteiger partial charge on any atom is 0.340 e. The number of carbonyl (C=O) groups excluding carboxylic acids is 1. The minimum absolute atomic E-state index is 0.0283. The lowest BCUT2D eigenvalue weighted by Crippen LogP contribution is -2.41. The van der Waals surface area contributed by atoms with Crippen LogP contribution in [0.4, 0.5) is 10.5 Å². The molecule has 0 spiro atoms. The molecule has 92 valence electrons. The Balaban J connectivity index is 2.14. The van der Waals surface area contributed by atoms with Crippen LogP contribution >= 0.6 is 22.6 Å². The van der Waals surface area contributed by atoms with Crippen LogP contribution in [0.15, 0.2) is 24.3 Å². The largest absolute Gasteiger partial charge is 0.340 e. The number of hydrogen-bond donors (Lipinski definition) is 1. The first kappa shape index (κ1) is 12.6. The molecule has 0 radical (unpaired) electrons. The predicted molar refractivity (Wildman–Crippen MR) is 76.6 cm³/mol. The Hall–Kier alpha value is -0.820. The number of nitrogens with zero attached hydrogens (tertiary/aromatic N) is 2. The molecule has 1 aliphatic rings. The van der Waals surface area contributed by atoms with Gasteiger partial charge in [0.1, 0.15) is 0 Å². The van der Waals surface area contributed by atoms with E-state index >= 15 is 0 Å². The van der Waals surface area contributed by atoms with Crippen molar-refractivity contribution >= 4 is 34.3 Å². The Morgan fingerprint density at radius 2 is 2.06 bits per heavy atom. The zero-order chi connectivity index (χ0) is 12.4. The molecule has 0 aromatic heterocycles. The average Bonchev–Trinajstić information content (AvgIpc) is 2.71. The Bertz CT molecular complexity index is 407. The van der Waals surface area contributed by atoms with E-state index in [1.54, 1.807) is 9.91 Å². The van der Waals surface area contributed by atoms with Gasteiger partial charge in [-0.25, -0.2) is 10.2 Å². The number of carbonyl (C=O) groups is 1. The molecule has 0 bridgehead atoms. The third-order valence-electron chi connectivity index (χ3n) is 3.01. The summed E-state index contributed by atoms with van der Waals surface area (Å²) in [6, 6.07) is 8.21. The minimum Gasteiger partial charge on any atom is -0.278 e. The van der Waals surface area contributed by atoms with Crippen LogP contribution in [0.5, 0.6) is 0 Å². The highest BCUT2D eigenvalue weighted by Crippen LogP contribution is 2.21. The third-order valence-corrected chi connectivity index (χ3v) is 3.73. The molecule has 1 saturated heterocycles. The molecule has 1 aliphatic heterocycles. The second kappa shape index (κ2) is 5.22. The first-order valence-electron chi connectivity index (χ1n) is 5.73. The smallest absolute Gasteiger partial charge is 0.278 e. The van der Waals surface area contributed by atoms with Crippen molar-refractivity contribution in [1.29, 1.82) is 0 Å². The summed E-state index contributed by atoms with van der Waals surface area (Å²) in [4.78, 5) is 13.9. The molecule has 17 heavy (non-hydrogen) atoms. The number of anilines is 1. The highest BCUT2D eigenvalue weighted by Gasteiger charge is 2.31. The Morgan fingerprint density at radius 3 is 2.65 bits per heavy atom. The molecule has 1 aromatic rings. The number of halogens is 1. The van der Waals surface area contributed by atoms with Gasteiger partial charge in [0.2, 0.25) is 0 Å². The lowest BCUT2D eigenvalue weighted by atomic mass is 10.2. The average molecular weight is 345 g/mol. The molecule has 2 amide bonds. The highest BCUT2D eigenvalue weighted by molar-refractivity contribution is 14.1. The Labute approximate surface area is 115 Å². The van der Waals surface area contributed by atoms with Crippen molar-refractivity contribution in [3.05, 3.63) is 27.8 Å². The van der Waals surface area contributed by atoms with Crippen LogP contribution in [0.25, 0.3) is 0 Å². The summed E-state index contributed by atoms with van der Waals surface area (Å²) in [6.07, 6.45) is 0.944. The van der Waals surface area contributed by atoms with E-state index in [2.05, 4.69) is 34.9 Å². The van der Waals surface area contributed by atoms with Crippen LogP contribution in [0.3, 0.4) is 0 Å². The van der Waals surface area contributed by atoms with Gasteiger partial charge in [0.05, 0.1) is 6.67 Å². The zero-order valence-corrected chi connectivity index (χ0v) is 12.1. The molecule has 1 aromatic carbocycles. The number of rotatable bonds is 3. The van der Waals surface area contributed by atoms with E-state index < -0.39 is 0 Å². The summed E-state index contributed by atoms with van der Waals surface area (Å²) in [5.74, 6) is 0. The normalized spacial score (nSPS) is 17.7. The van der Waals surface area contributed by atoms with Gasteiger partial charge < -0.3 is 0 Å². The van der Waals surface area contributed by atoms with Crippen molar-refractivity contribution in [1.82, 2.24) is 10.4 Å². The molecule has 1 atom stereocenters. The fourth-order valence-corrected chi connectivity index (χ4v) is 2.12. The topological polar surface area (TPSA) is 35.6 Å². The standard InChI is InChI=1S/C12H16IN3O/c1-3-9(2)16-12(17)15(8-14-16)11-6-4-10(13)5-7-11/h4-7,9,14H,3,8H2,1-2H3. The summed E-state index contributed by atoms with van der Waals surface area (Å²) in [5.41, 5.74) is 4.07. The molecular weight excluding hydrogens is 329 g/mol.